The highest BCUT2D eigenvalue weighted by Gasteiger charge is 2.28. The molecule has 0 aliphatic heterocycles. The Morgan fingerprint density at radius 3 is 2.50 bits per heavy atom. The molecule has 4 atom stereocenters. The second kappa shape index (κ2) is 7.30. The molecular formula is C16H30N2O2. The molecule has 0 spiro atoms. The molecule has 4 unspecified atom stereocenters. The number of nitrogens with one attached hydrogen (secondary N) is 1. The van der Waals surface area contributed by atoms with Gasteiger partial charge in [-0.15, -0.1) is 0 Å². The van der Waals surface area contributed by atoms with E-state index in [1.165, 1.54) is 25.7 Å². The Bertz CT molecular complexity index is 322. The van der Waals surface area contributed by atoms with Crippen molar-refractivity contribution in [2.75, 3.05) is 13.6 Å². The third kappa shape index (κ3) is 4.11. The number of urea groups is 1. The summed E-state index contributed by atoms with van der Waals surface area (Å²) in [6.07, 6.45) is 8.83. The van der Waals surface area contributed by atoms with E-state index < -0.39 is 0 Å². The van der Waals surface area contributed by atoms with E-state index >= 15 is 0 Å². The molecule has 0 aromatic carbocycles. The summed E-state index contributed by atoms with van der Waals surface area (Å²) >= 11 is 0. The number of hydrogen-bond donors (Lipinski definition) is 2. The molecule has 2 aliphatic carbocycles. The fraction of sp³-hybridized carbons (Fsp3) is 0.938. The van der Waals surface area contributed by atoms with Crippen LogP contribution in [0.15, 0.2) is 0 Å². The van der Waals surface area contributed by atoms with Gasteiger partial charge >= 0.3 is 6.03 Å². The first kappa shape index (κ1) is 15.6. The van der Waals surface area contributed by atoms with Gasteiger partial charge in [-0.2, -0.15) is 0 Å². The largest absolute Gasteiger partial charge is 0.393 e. The number of carbonyl (C=O) groups is 1. The van der Waals surface area contributed by atoms with Crippen molar-refractivity contribution >= 4 is 6.03 Å². The number of aliphatic hydroxyl groups excluding tert-OH is 1. The smallest absolute Gasteiger partial charge is 0.317 e. The number of hydrogen-bond acceptors (Lipinski definition) is 2. The summed E-state index contributed by atoms with van der Waals surface area (Å²) in [7, 11) is 1.85. The van der Waals surface area contributed by atoms with E-state index in [-0.39, 0.29) is 18.1 Å². The van der Waals surface area contributed by atoms with E-state index in [9.17, 15) is 9.90 Å². The molecule has 2 aliphatic rings. The Balaban J connectivity index is 1.79. The molecule has 0 bridgehead atoms. The summed E-state index contributed by atoms with van der Waals surface area (Å²) in [5.74, 6) is 0.838. The van der Waals surface area contributed by atoms with Crippen LogP contribution in [-0.2, 0) is 0 Å². The van der Waals surface area contributed by atoms with E-state index in [2.05, 4.69) is 12.2 Å². The molecule has 0 aromatic heterocycles. The first-order chi connectivity index (χ1) is 9.58. The molecule has 2 saturated carbocycles. The van der Waals surface area contributed by atoms with Crippen LogP contribution in [-0.4, -0.2) is 41.8 Å². The predicted molar refractivity (Wildman–Crippen MR) is 80.5 cm³/mol. The third-order valence-electron chi connectivity index (χ3n) is 5.14. The van der Waals surface area contributed by atoms with Crippen molar-refractivity contribution in [1.82, 2.24) is 10.2 Å². The maximum absolute atomic E-state index is 12.3. The van der Waals surface area contributed by atoms with E-state index in [0.717, 1.165) is 25.7 Å². The van der Waals surface area contributed by atoms with E-state index in [4.69, 9.17) is 0 Å². The number of aliphatic hydroxyl groups is 1. The van der Waals surface area contributed by atoms with Crippen LogP contribution >= 0.6 is 0 Å². The normalized spacial score (nSPS) is 34.5. The first-order valence-electron chi connectivity index (χ1n) is 8.27. The molecule has 2 rings (SSSR count). The molecule has 4 nitrogen and oxygen atoms in total. The van der Waals surface area contributed by atoms with Gasteiger partial charge in [0, 0.05) is 25.6 Å². The second-order valence-corrected chi connectivity index (χ2v) is 6.81. The van der Waals surface area contributed by atoms with E-state index in [1.54, 1.807) is 4.90 Å². The number of carbonyl (C=O) groups excluding carboxylic acids is 1. The van der Waals surface area contributed by atoms with Crippen LogP contribution in [0.25, 0.3) is 0 Å². The third-order valence-corrected chi connectivity index (χ3v) is 5.14. The summed E-state index contributed by atoms with van der Waals surface area (Å²) in [5.41, 5.74) is 0. The van der Waals surface area contributed by atoms with Gasteiger partial charge in [-0.25, -0.2) is 4.79 Å². The van der Waals surface area contributed by atoms with Gasteiger partial charge in [0.15, 0.2) is 0 Å². The second-order valence-electron chi connectivity index (χ2n) is 6.81. The minimum absolute atomic E-state index is 0.0292. The maximum Gasteiger partial charge on any atom is 0.317 e. The summed E-state index contributed by atoms with van der Waals surface area (Å²) < 4.78 is 0. The molecule has 4 heteroatoms. The summed E-state index contributed by atoms with van der Waals surface area (Å²) in [6.45, 7) is 2.91. The zero-order chi connectivity index (χ0) is 14.5. The highest BCUT2D eigenvalue weighted by molar-refractivity contribution is 5.74. The topological polar surface area (TPSA) is 52.6 Å². The average Bonchev–Trinajstić information content (AvgIpc) is 2.43. The maximum atomic E-state index is 12.3. The summed E-state index contributed by atoms with van der Waals surface area (Å²) in [4.78, 5) is 14.0. The van der Waals surface area contributed by atoms with Crippen molar-refractivity contribution in [2.24, 2.45) is 11.8 Å². The van der Waals surface area contributed by atoms with Crippen LogP contribution in [0.4, 0.5) is 4.79 Å². The summed E-state index contributed by atoms with van der Waals surface area (Å²) in [5, 5.41) is 13.2. The molecule has 116 valence electrons. The summed E-state index contributed by atoms with van der Waals surface area (Å²) in [6, 6.07) is 0.358. The van der Waals surface area contributed by atoms with E-state index in [1.807, 2.05) is 7.05 Å². The zero-order valence-electron chi connectivity index (χ0n) is 13.0. The highest BCUT2D eigenvalue weighted by atomic mass is 16.3. The van der Waals surface area contributed by atoms with Gasteiger partial charge < -0.3 is 15.3 Å². The van der Waals surface area contributed by atoms with Crippen molar-refractivity contribution < 1.29 is 9.90 Å². The van der Waals surface area contributed by atoms with Gasteiger partial charge in [0.25, 0.3) is 0 Å². The standard InChI is InChI=1S/C16H30N2O2/c1-12-7-3-5-9-14(12)17-16(20)18(2)11-13-8-4-6-10-15(13)19/h12-15,19H,3-11H2,1-2H3,(H,17,20). The number of nitrogens with zero attached hydrogens (tertiary/aromatic N) is 1. The van der Waals surface area contributed by atoms with Gasteiger partial charge in [0.2, 0.25) is 0 Å². The van der Waals surface area contributed by atoms with Crippen LogP contribution < -0.4 is 5.32 Å². The molecular weight excluding hydrogens is 252 g/mol. The lowest BCUT2D eigenvalue weighted by atomic mass is 9.85. The number of amides is 2. The molecule has 0 radical (unpaired) electrons. The fourth-order valence-corrected chi connectivity index (χ4v) is 3.64. The van der Waals surface area contributed by atoms with Crippen molar-refractivity contribution in [3.63, 3.8) is 0 Å². The molecule has 0 saturated heterocycles. The van der Waals surface area contributed by atoms with Crippen molar-refractivity contribution in [3.05, 3.63) is 0 Å². The molecule has 20 heavy (non-hydrogen) atoms. The van der Waals surface area contributed by atoms with Gasteiger partial charge in [-0.1, -0.05) is 32.6 Å². The number of rotatable bonds is 3. The Morgan fingerprint density at radius 2 is 1.80 bits per heavy atom. The monoisotopic (exact) mass is 282 g/mol. The molecule has 0 heterocycles. The van der Waals surface area contributed by atoms with Crippen LogP contribution in [0, 0.1) is 11.8 Å². The Morgan fingerprint density at radius 1 is 1.15 bits per heavy atom. The SMILES string of the molecule is CC1CCCCC1NC(=O)N(C)CC1CCCCC1O. The predicted octanol–water partition coefficient (Wildman–Crippen LogP) is 2.76. The Labute approximate surface area is 122 Å². The molecule has 2 fully saturated rings. The van der Waals surface area contributed by atoms with Crippen molar-refractivity contribution in [1.29, 1.82) is 0 Å². The van der Waals surface area contributed by atoms with Gasteiger partial charge in [-0.05, 0) is 31.6 Å². The Hall–Kier alpha value is -0.770. The van der Waals surface area contributed by atoms with Gasteiger partial charge in [0.05, 0.1) is 6.10 Å². The van der Waals surface area contributed by atoms with Crippen LogP contribution in [0.2, 0.25) is 0 Å². The quantitative estimate of drug-likeness (QED) is 0.836. The Kier molecular flexibility index (Phi) is 5.70. The van der Waals surface area contributed by atoms with Crippen molar-refractivity contribution in [3.8, 4) is 0 Å². The highest BCUT2D eigenvalue weighted by Crippen LogP contribution is 2.26. The molecule has 2 N–H and O–H groups in total. The fourth-order valence-electron chi connectivity index (χ4n) is 3.64. The van der Waals surface area contributed by atoms with Crippen LogP contribution in [0.3, 0.4) is 0 Å². The average molecular weight is 282 g/mol. The van der Waals surface area contributed by atoms with Gasteiger partial charge in [-0.3, -0.25) is 0 Å². The van der Waals surface area contributed by atoms with Crippen LogP contribution in [0.5, 0.6) is 0 Å². The first-order valence-corrected chi connectivity index (χ1v) is 8.27. The molecule has 0 aromatic rings. The van der Waals surface area contributed by atoms with Gasteiger partial charge in [0.1, 0.15) is 0 Å². The lowest BCUT2D eigenvalue weighted by molar-refractivity contribution is 0.0559. The molecule has 2 amide bonds. The van der Waals surface area contributed by atoms with Crippen molar-refractivity contribution in [2.45, 2.75) is 70.4 Å². The lowest BCUT2D eigenvalue weighted by Crippen LogP contribution is -2.48. The minimum Gasteiger partial charge on any atom is -0.393 e. The van der Waals surface area contributed by atoms with Crippen LogP contribution in [0.1, 0.15) is 58.3 Å². The lowest BCUT2D eigenvalue weighted by Gasteiger charge is -2.34. The zero-order valence-corrected chi connectivity index (χ0v) is 13.0. The minimum atomic E-state index is -0.229. The van der Waals surface area contributed by atoms with E-state index in [0.29, 0.717) is 18.5 Å².